The minimum absolute atomic E-state index is 0.704. The minimum Gasteiger partial charge on any atom is -0.322 e. The molecule has 0 radical (unpaired) electrons. The summed E-state index contributed by atoms with van der Waals surface area (Å²) in [6.45, 7) is 1.45. The summed E-state index contributed by atoms with van der Waals surface area (Å²) in [5.74, 6) is 0. The Hall–Kier alpha value is -2.28. The molecule has 110 valence electrons. The molecule has 0 aliphatic rings. The highest BCUT2D eigenvalue weighted by atomic mass is 35.5. The lowest BCUT2D eigenvalue weighted by Crippen LogP contribution is -2.17. The molecule has 0 saturated heterocycles. The molecule has 3 nitrogen and oxygen atoms in total. The largest absolute Gasteiger partial charge is 0.322 e. The van der Waals surface area contributed by atoms with Gasteiger partial charge in [0.25, 0.3) is 0 Å². The second kappa shape index (κ2) is 6.23. The lowest BCUT2D eigenvalue weighted by molar-refractivity contribution is 0.319. The van der Waals surface area contributed by atoms with E-state index < -0.39 is 0 Å². The van der Waals surface area contributed by atoms with Crippen LogP contribution < -0.4 is 0 Å². The zero-order valence-corrected chi connectivity index (χ0v) is 13.1. The monoisotopic (exact) mass is 309 g/mol. The Bertz CT molecular complexity index is 845. The minimum atomic E-state index is 0.704. The maximum Gasteiger partial charge on any atom is 0.102 e. The number of rotatable bonds is 4. The first kappa shape index (κ1) is 14.6. The SMILES string of the molecule is CN(Cc1ccccc1Cl)Cc1cn2ccccc2c1C#N. The molecular weight excluding hydrogens is 294 g/mol. The number of hydrogen-bond donors (Lipinski definition) is 0. The highest BCUT2D eigenvalue weighted by molar-refractivity contribution is 6.31. The molecule has 3 aromatic rings. The third-order valence-electron chi connectivity index (χ3n) is 3.71. The molecule has 0 spiro atoms. The van der Waals surface area contributed by atoms with E-state index in [0.29, 0.717) is 6.54 Å². The zero-order valence-electron chi connectivity index (χ0n) is 12.3. The predicted octanol–water partition coefficient (Wildman–Crippen LogP) is 4.10. The van der Waals surface area contributed by atoms with Crippen LogP contribution in [0.25, 0.3) is 5.52 Å². The normalized spacial score (nSPS) is 11.0. The van der Waals surface area contributed by atoms with Crippen molar-refractivity contribution in [1.29, 1.82) is 5.26 Å². The van der Waals surface area contributed by atoms with Crippen molar-refractivity contribution in [3.63, 3.8) is 0 Å². The van der Waals surface area contributed by atoms with Gasteiger partial charge in [-0.1, -0.05) is 35.9 Å². The van der Waals surface area contributed by atoms with Crippen LogP contribution in [-0.4, -0.2) is 16.3 Å². The van der Waals surface area contributed by atoms with Gasteiger partial charge in [-0.25, -0.2) is 0 Å². The van der Waals surface area contributed by atoms with E-state index in [9.17, 15) is 5.26 Å². The Balaban J connectivity index is 1.84. The van der Waals surface area contributed by atoms with Gasteiger partial charge in [0, 0.05) is 36.1 Å². The van der Waals surface area contributed by atoms with Crippen LogP contribution in [0.4, 0.5) is 0 Å². The fourth-order valence-electron chi connectivity index (χ4n) is 2.69. The topological polar surface area (TPSA) is 31.4 Å². The van der Waals surface area contributed by atoms with Crippen molar-refractivity contribution in [3.8, 4) is 6.07 Å². The van der Waals surface area contributed by atoms with E-state index in [1.54, 1.807) is 0 Å². The summed E-state index contributed by atoms with van der Waals surface area (Å²) in [6.07, 6.45) is 3.99. The van der Waals surface area contributed by atoms with E-state index in [0.717, 1.165) is 33.8 Å². The Kier molecular flexibility index (Phi) is 4.15. The van der Waals surface area contributed by atoms with Gasteiger partial charge in [0.2, 0.25) is 0 Å². The first-order chi connectivity index (χ1) is 10.7. The van der Waals surface area contributed by atoms with Crippen LogP contribution in [0, 0.1) is 11.3 Å². The fourth-order valence-corrected chi connectivity index (χ4v) is 2.89. The summed E-state index contributed by atoms with van der Waals surface area (Å²) in [4.78, 5) is 2.16. The Morgan fingerprint density at radius 1 is 1.09 bits per heavy atom. The highest BCUT2D eigenvalue weighted by Gasteiger charge is 2.12. The van der Waals surface area contributed by atoms with Gasteiger partial charge in [-0.3, -0.25) is 4.90 Å². The molecule has 4 heteroatoms. The van der Waals surface area contributed by atoms with E-state index in [1.165, 1.54) is 0 Å². The van der Waals surface area contributed by atoms with Crippen molar-refractivity contribution in [2.45, 2.75) is 13.1 Å². The van der Waals surface area contributed by atoms with Gasteiger partial charge in [0.15, 0.2) is 0 Å². The number of benzene rings is 1. The summed E-state index contributed by atoms with van der Waals surface area (Å²) in [6, 6.07) is 16.1. The summed E-state index contributed by atoms with van der Waals surface area (Å²) in [5.41, 5.74) is 3.81. The first-order valence-corrected chi connectivity index (χ1v) is 7.47. The lowest BCUT2D eigenvalue weighted by atomic mass is 10.1. The van der Waals surface area contributed by atoms with E-state index in [4.69, 9.17) is 11.6 Å². The Morgan fingerprint density at radius 2 is 1.82 bits per heavy atom. The van der Waals surface area contributed by atoms with Gasteiger partial charge in [0.05, 0.1) is 11.1 Å². The number of pyridine rings is 1. The van der Waals surface area contributed by atoms with Crippen LogP contribution in [0.2, 0.25) is 5.02 Å². The lowest BCUT2D eigenvalue weighted by Gasteiger charge is -2.17. The number of nitriles is 1. The summed E-state index contributed by atoms with van der Waals surface area (Å²) in [7, 11) is 2.03. The molecule has 0 saturated carbocycles. The number of nitrogens with zero attached hydrogens (tertiary/aromatic N) is 3. The molecule has 0 fully saturated rings. The van der Waals surface area contributed by atoms with Gasteiger partial charge in [-0.15, -0.1) is 0 Å². The van der Waals surface area contributed by atoms with Crippen molar-refractivity contribution in [2.75, 3.05) is 7.05 Å². The molecule has 0 bridgehead atoms. The van der Waals surface area contributed by atoms with E-state index in [1.807, 2.05) is 66.3 Å². The molecule has 3 rings (SSSR count). The van der Waals surface area contributed by atoms with Crippen molar-refractivity contribution < 1.29 is 0 Å². The van der Waals surface area contributed by atoms with Crippen LogP contribution in [0.3, 0.4) is 0 Å². The molecule has 1 aromatic carbocycles. The second-order valence-electron chi connectivity index (χ2n) is 5.40. The van der Waals surface area contributed by atoms with Gasteiger partial charge >= 0.3 is 0 Å². The van der Waals surface area contributed by atoms with Crippen molar-refractivity contribution in [1.82, 2.24) is 9.30 Å². The Morgan fingerprint density at radius 3 is 2.59 bits per heavy atom. The summed E-state index contributed by atoms with van der Waals surface area (Å²) >= 11 is 6.21. The zero-order chi connectivity index (χ0) is 15.5. The van der Waals surface area contributed by atoms with Gasteiger partial charge in [-0.05, 0) is 30.8 Å². The number of halogens is 1. The number of aromatic nitrogens is 1. The highest BCUT2D eigenvalue weighted by Crippen LogP contribution is 2.21. The number of fused-ring (bicyclic) bond motifs is 1. The third-order valence-corrected chi connectivity index (χ3v) is 4.08. The van der Waals surface area contributed by atoms with Crippen molar-refractivity contribution in [3.05, 3.63) is 76.6 Å². The average Bonchev–Trinajstić information content (AvgIpc) is 2.86. The smallest absolute Gasteiger partial charge is 0.102 e. The van der Waals surface area contributed by atoms with Crippen LogP contribution in [0.5, 0.6) is 0 Å². The van der Waals surface area contributed by atoms with Crippen molar-refractivity contribution in [2.24, 2.45) is 0 Å². The molecule has 0 aliphatic carbocycles. The van der Waals surface area contributed by atoms with Crippen molar-refractivity contribution >= 4 is 17.1 Å². The maximum atomic E-state index is 9.45. The van der Waals surface area contributed by atoms with Gasteiger partial charge < -0.3 is 4.40 Å². The standard InChI is InChI=1S/C18H16ClN3/c1-21(11-14-6-2-3-7-17(14)19)12-15-13-22-9-5-4-8-18(22)16(15)10-20/h2-9,13H,11-12H2,1H3. The molecule has 2 heterocycles. The predicted molar refractivity (Wildman–Crippen MR) is 88.7 cm³/mol. The van der Waals surface area contributed by atoms with Crippen LogP contribution in [-0.2, 0) is 13.1 Å². The van der Waals surface area contributed by atoms with Crippen LogP contribution in [0.1, 0.15) is 16.7 Å². The van der Waals surface area contributed by atoms with Crippen LogP contribution in [0.15, 0.2) is 54.9 Å². The third kappa shape index (κ3) is 2.85. The molecule has 2 aromatic heterocycles. The number of hydrogen-bond acceptors (Lipinski definition) is 2. The molecule has 22 heavy (non-hydrogen) atoms. The average molecular weight is 310 g/mol. The molecule has 0 amide bonds. The molecule has 0 N–H and O–H groups in total. The summed E-state index contributed by atoms with van der Waals surface area (Å²) < 4.78 is 2.00. The maximum absolute atomic E-state index is 9.45. The van der Waals surface area contributed by atoms with E-state index >= 15 is 0 Å². The quantitative estimate of drug-likeness (QED) is 0.726. The van der Waals surface area contributed by atoms with Gasteiger partial charge in [-0.2, -0.15) is 5.26 Å². The van der Waals surface area contributed by atoms with Crippen LogP contribution >= 0.6 is 11.6 Å². The molecule has 0 aliphatic heterocycles. The van der Waals surface area contributed by atoms with E-state index in [-0.39, 0.29) is 0 Å². The second-order valence-corrected chi connectivity index (χ2v) is 5.81. The molecular formula is C18H16ClN3. The Labute approximate surface area is 135 Å². The molecule has 0 unspecified atom stereocenters. The molecule has 0 atom stereocenters. The first-order valence-electron chi connectivity index (χ1n) is 7.09. The van der Waals surface area contributed by atoms with E-state index in [2.05, 4.69) is 11.0 Å². The van der Waals surface area contributed by atoms with Gasteiger partial charge in [0.1, 0.15) is 6.07 Å². The fraction of sp³-hybridized carbons (Fsp3) is 0.167. The summed E-state index contributed by atoms with van der Waals surface area (Å²) in [5, 5.41) is 10.2.